The zero-order valence-corrected chi connectivity index (χ0v) is 15.7. The average molecular weight is 375 g/mol. The molecule has 0 aliphatic carbocycles. The van der Waals surface area contributed by atoms with Gasteiger partial charge in [-0.15, -0.1) is 0 Å². The molecule has 0 bridgehead atoms. The van der Waals surface area contributed by atoms with E-state index in [2.05, 4.69) is 26.7 Å². The van der Waals surface area contributed by atoms with Gasteiger partial charge in [0, 0.05) is 30.5 Å². The van der Waals surface area contributed by atoms with Crippen molar-refractivity contribution in [3.05, 3.63) is 59.9 Å². The van der Waals surface area contributed by atoms with Gasteiger partial charge in [-0.2, -0.15) is 0 Å². The van der Waals surface area contributed by atoms with E-state index >= 15 is 0 Å². The molecule has 1 aliphatic rings. The van der Waals surface area contributed by atoms with Gasteiger partial charge in [-0.25, -0.2) is 4.98 Å². The molecule has 2 amide bonds. The van der Waals surface area contributed by atoms with E-state index < -0.39 is 0 Å². The van der Waals surface area contributed by atoms with E-state index in [9.17, 15) is 9.59 Å². The molecule has 1 aromatic carbocycles. The molecule has 0 spiro atoms. The van der Waals surface area contributed by atoms with Crippen molar-refractivity contribution < 1.29 is 9.59 Å². The van der Waals surface area contributed by atoms with Gasteiger partial charge in [-0.05, 0) is 42.1 Å². The first-order valence-corrected chi connectivity index (χ1v) is 9.07. The smallest absolute Gasteiger partial charge is 0.246 e. The highest BCUT2D eigenvalue weighted by Gasteiger charge is 2.18. The number of hydrogen-bond acceptors (Lipinski definition) is 4. The third kappa shape index (κ3) is 3.46. The topological polar surface area (TPSA) is 90.1 Å². The molecule has 1 unspecified atom stereocenters. The second-order valence-corrected chi connectivity index (χ2v) is 6.84. The number of carbonyl (C=O) groups excluding carboxylic acids is 2. The summed E-state index contributed by atoms with van der Waals surface area (Å²) in [4.78, 5) is 33.4. The Morgan fingerprint density at radius 2 is 2.11 bits per heavy atom. The Morgan fingerprint density at radius 1 is 1.29 bits per heavy atom. The van der Waals surface area contributed by atoms with E-state index in [0.29, 0.717) is 11.5 Å². The Bertz CT molecular complexity index is 1050. The van der Waals surface area contributed by atoms with Crippen LogP contribution in [0.1, 0.15) is 24.2 Å². The van der Waals surface area contributed by atoms with Crippen molar-refractivity contribution in [1.29, 1.82) is 0 Å². The SMILES string of the molecule is CC(c1cc2ccccc2[nH]1)N(C)C(=O)C=Cc1cnc2c(c1)NC(=O)CN2. The van der Waals surface area contributed by atoms with Crippen LogP contribution in [0, 0.1) is 0 Å². The lowest BCUT2D eigenvalue weighted by molar-refractivity contribution is -0.126. The molecule has 0 saturated carbocycles. The van der Waals surface area contributed by atoms with Crippen LogP contribution in [0.4, 0.5) is 11.5 Å². The van der Waals surface area contributed by atoms with Crippen LogP contribution in [-0.2, 0) is 9.59 Å². The van der Waals surface area contributed by atoms with Gasteiger partial charge in [-0.3, -0.25) is 9.59 Å². The molecule has 0 radical (unpaired) electrons. The number of fused-ring (bicyclic) bond motifs is 2. The number of likely N-dealkylation sites (N-methyl/N-ethyl adjacent to an activating group) is 1. The van der Waals surface area contributed by atoms with Crippen molar-refractivity contribution in [2.75, 3.05) is 24.2 Å². The number of benzene rings is 1. The van der Waals surface area contributed by atoms with Gasteiger partial charge in [0.15, 0.2) is 0 Å². The Kier molecular flexibility index (Phi) is 4.57. The van der Waals surface area contributed by atoms with E-state index in [0.717, 1.165) is 22.2 Å². The van der Waals surface area contributed by atoms with Gasteiger partial charge < -0.3 is 20.5 Å². The molecule has 1 aliphatic heterocycles. The standard InChI is InChI=1S/C21H21N5O2/c1-13(17-10-15-5-3-4-6-16(15)24-17)26(2)20(28)8-7-14-9-18-21(22-11-14)23-12-19(27)25-18/h3-11,13,24H,12H2,1-2H3,(H,22,23)(H,25,27). The van der Waals surface area contributed by atoms with Gasteiger partial charge in [-0.1, -0.05) is 18.2 Å². The van der Waals surface area contributed by atoms with Crippen molar-refractivity contribution in [3.63, 3.8) is 0 Å². The van der Waals surface area contributed by atoms with Crippen LogP contribution < -0.4 is 10.6 Å². The zero-order chi connectivity index (χ0) is 19.7. The number of rotatable bonds is 4. The van der Waals surface area contributed by atoms with Crippen molar-refractivity contribution in [3.8, 4) is 0 Å². The van der Waals surface area contributed by atoms with Crippen LogP contribution in [0.2, 0.25) is 0 Å². The number of anilines is 2. The maximum absolute atomic E-state index is 12.6. The van der Waals surface area contributed by atoms with E-state index in [1.165, 1.54) is 6.08 Å². The molecule has 142 valence electrons. The molecule has 0 saturated heterocycles. The normalized spacial score (nSPS) is 14.4. The van der Waals surface area contributed by atoms with Crippen LogP contribution in [0.3, 0.4) is 0 Å². The van der Waals surface area contributed by atoms with Gasteiger partial charge in [0.05, 0.1) is 18.3 Å². The molecule has 0 fully saturated rings. The molecule has 3 heterocycles. The van der Waals surface area contributed by atoms with Gasteiger partial charge in [0.2, 0.25) is 11.8 Å². The summed E-state index contributed by atoms with van der Waals surface area (Å²) in [7, 11) is 1.78. The average Bonchev–Trinajstić information content (AvgIpc) is 3.14. The minimum Gasteiger partial charge on any atom is -0.359 e. The highest BCUT2D eigenvalue weighted by molar-refractivity contribution is 6.00. The number of para-hydroxylation sites is 1. The fraction of sp³-hybridized carbons (Fsp3) is 0.190. The predicted molar refractivity (Wildman–Crippen MR) is 110 cm³/mol. The van der Waals surface area contributed by atoms with Crippen molar-refractivity contribution in [1.82, 2.24) is 14.9 Å². The summed E-state index contributed by atoms with van der Waals surface area (Å²) < 4.78 is 0. The minimum absolute atomic E-state index is 0.102. The monoisotopic (exact) mass is 375 g/mol. The molecule has 7 nitrogen and oxygen atoms in total. The fourth-order valence-electron chi connectivity index (χ4n) is 3.17. The second-order valence-electron chi connectivity index (χ2n) is 6.84. The summed E-state index contributed by atoms with van der Waals surface area (Å²) in [6.45, 7) is 2.20. The lowest BCUT2D eigenvalue weighted by atomic mass is 10.2. The summed E-state index contributed by atoms with van der Waals surface area (Å²) >= 11 is 0. The van der Waals surface area contributed by atoms with Crippen LogP contribution in [0.25, 0.3) is 17.0 Å². The van der Waals surface area contributed by atoms with Crippen molar-refractivity contribution in [2.45, 2.75) is 13.0 Å². The number of pyridine rings is 1. The molecule has 28 heavy (non-hydrogen) atoms. The lowest BCUT2D eigenvalue weighted by Gasteiger charge is -2.23. The maximum Gasteiger partial charge on any atom is 0.246 e. The van der Waals surface area contributed by atoms with Crippen molar-refractivity contribution >= 4 is 40.3 Å². The quantitative estimate of drug-likeness (QED) is 0.611. The minimum atomic E-state index is -0.119. The summed E-state index contributed by atoms with van der Waals surface area (Å²) in [5.74, 6) is 0.400. The first kappa shape index (κ1) is 17.8. The number of aromatic nitrogens is 2. The third-order valence-electron chi connectivity index (χ3n) is 4.95. The fourth-order valence-corrected chi connectivity index (χ4v) is 3.17. The van der Waals surface area contributed by atoms with Crippen LogP contribution in [0.5, 0.6) is 0 Å². The predicted octanol–water partition coefficient (Wildman–Crippen LogP) is 3.16. The number of amides is 2. The maximum atomic E-state index is 12.6. The Balaban J connectivity index is 1.48. The summed E-state index contributed by atoms with van der Waals surface area (Å²) in [5.41, 5.74) is 3.39. The van der Waals surface area contributed by atoms with E-state index in [1.54, 1.807) is 30.3 Å². The lowest BCUT2D eigenvalue weighted by Crippen LogP contribution is -2.28. The van der Waals surface area contributed by atoms with Gasteiger partial charge >= 0.3 is 0 Å². The van der Waals surface area contributed by atoms with E-state index in [-0.39, 0.29) is 24.4 Å². The first-order chi connectivity index (χ1) is 13.5. The molecule has 7 heteroatoms. The van der Waals surface area contributed by atoms with Crippen LogP contribution >= 0.6 is 0 Å². The van der Waals surface area contributed by atoms with Gasteiger partial charge in [0.25, 0.3) is 0 Å². The highest BCUT2D eigenvalue weighted by atomic mass is 16.2. The van der Waals surface area contributed by atoms with E-state index in [4.69, 9.17) is 0 Å². The summed E-state index contributed by atoms with van der Waals surface area (Å²) in [5, 5.41) is 6.83. The molecule has 1 atom stereocenters. The largest absolute Gasteiger partial charge is 0.359 e. The molecule has 3 aromatic rings. The highest BCUT2D eigenvalue weighted by Crippen LogP contribution is 2.25. The molecule has 2 aromatic heterocycles. The van der Waals surface area contributed by atoms with Gasteiger partial charge in [0.1, 0.15) is 5.82 Å². The molecular formula is C21H21N5O2. The van der Waals surface area contributed by atoms with Crippen molar-refractivity contribution in [2.24, 2.45) is 0 Å². The molecular weight excluding hydrogens is 354 g/mol. The Labute approximate surface area is 162 Å². The van der Waals surface area contributed by atoms with E-state index in [1.807, 2.05) is 31.2 Å². The first-order valence-electron chi connectivity index (χ1n) is 9.07. The molecule has 4 rings (SSSR count). The molecule has 3 N–H and O–H groups in total. The number of aromatic amines is 1. The zero-order valence-electron chi connectivity index (χ0n) is 15.7. The number of hydrogen-bond donors (Lipinski definition) is 3. The third-order valence-corrected chi connectivity index (χ3v) is 4.95. The Hall–Kier alpha value is -3.61. The van der Waals surface area contributed by atoms with Crippen LogP contribution in [-0.4, -0.2) is 40.3 Å². The number of nitrogens with zero attached hydrogens (tertiary/aromatic N) is 2. The number of carbonyl (C=O) groups is 2. The van der Waals surface area contributed by atoms with Crippen LogP contribution in [0.15, 0.2) is 48.7 Å². The second kappa shape index (κ2) is 7.19. The summed E-state index contributed by atoms with van der Waals surface area (Å²) in [6, 6.07) is 11.8. The summed E-state index contributed by atoms with van der Waals surface area (Å²) in [6.07, 6.45) is 4.87. The Morgan fingerprint density at radius 3 is 2.93 bits per heavy atom. The number of nitrogens with one attached hydrogen (secondary N) is 3. The number of H-pyrrole nitrogens is 1.